The number of hydrogen-bond donors (Lipinski definition) is 2. The molecule has 29 heavy (non-hydrogen) atoms. The highest BCUT2D eigenvalue weighted by atomic mass is 19.4. The molecule has 1 aromatic carbocycles. The molecule has 2 aliphatic heterocycles. The Morgan fingerprint density at radius 3 is 2.55 bits per heavy atom. The maximum Gasteiger partial charge on any atom is 0.416 e. The minimum Gasteiger partial charge on any atom is -0.480 e. The molecule has 2 N–H and O–H groups in total. The van der Waals surface area contributed by atoms with E-state index in [4.69, 9.17) is 0 Å². The minimum absolute atomic E-state index is 0.138. The van der Waals surface area contributed by atoms with Crippen LogP contribution >= 0.6 is 0 Å². The lowest BCUT2D eigenvalue weighted by atomic mass is 9.90. The van der Waals surface area contributed by atoms with Gasteiger partial charge in [-0.1, -0.05) is 18.2 Å². The van der Waals surface area contributed by atoms with Crippen molar-refractivity contribution >= 4 is 17.8 Å². The second kappa shape index (κ2) is 8.26. The number of amides is 2. The smallest absolute Gasteiger partial charge is 0.416 e. The van der Waals surface area contributed by atoms with Crippen molar-refractivity contribution in [3.05, 3.63) is 47.5 Å². The van der Waals surface area contributed by atoms with Crippen molar-refractivity contribution in [1.82, 2.24) is 10.2 Å². The van der Waals surface area contributed by atoms with Gasteiger partial charge in [-0.25, -0.2) is 4.79 Å². The van der Waals surface area contributed by atoms with Gasteiger partial charge in [0.1, 0.15) is 12.1 Å². The first-order valence-electron chi connectivity index (χ1n) is 9.36. The van der Waals surface area contributed by atoms with Crippen LogP contribution in [0.4, 0.5) is 13.2 Å². The molecule has 0 spiro atoms. The average Bonchev–Trinajstić information content (AvgIpc) is 2.67. The summed E-state index contributed by atoms with van der Waals surface area (Å²) in [5.74, 6) is -2.44. The lowest BCUT2D eigenvalue weighted by Gasteiger charge is -2.42. The number of aliphatic carboxylic acids is 1. The van der Waals surface area contributed by atoms with E-state index in [1.807, 2.05) is 6.08 Å². The fourth-order valence-corrected chi connectivity index (χ4v) is 3.85. The number of carbonyl (C=O) groups excluding carboxylic acids is 2. The van der Waals surface area contributed by atoms with E-state index in [9.17, 15) is 32.7 Å². The number of hydrogen-bond acceptors (Lipinski definition) is 3. The molecule has 2 heterocycles. The van der Waals surface area contributed by atoms with Crippen LogP contribution in [0, 0.1) is 0 Å². The lowest BCUT2D eigenvalue weighted by molar-refractivity contribution is -0.156. The summed E-state index contributed by atoms with van der Waals surface area (Å²) in [6.07, 6.45) is 1.33. The van der Waals surface area contributed by atoms with Crippen LogP contribution in [0.25, 0.3) is 0 Å². The number of nitrogens with one attached hydrogen (secondary N) is 1. The third-order valence-electron chi connectivity index (χ3n) is 5.29. The maximum atomic E-state index is 13.1. The standard InChI is InChI=1S/C20H21F3N2O4/c21-20(22,23)13-6-3-5-12(11-13)17(26)24-15-9-2-1-7-14-8-4-10-16(19(28)29)25(14)18(15)27/h1-3,5-6,11,14-16H,4,7-10H2,(H,24,26)(H,28,29)/b2-1-/t14-,15-,16-/m0/s1. The highest BCUT2D eigenvalue weighted by molar-refractivity contribution is 5.98. The molecular formula is C20H21F3N2O4. The zero-order valence-corrected chi connectivity index (χ0v) is 15.5. The van der Waals surface area contributed by atoms with Gasteiger partial charge in [0.05, 0.1) is 5.56 Å². The Kier molecular flexibility index (Phi) is 5.95. The SMILES string of the molecule is O=C(N[C@H]1C/C=C\C[C@H]2CCC[C@@H](C(=O)O)N2C1=O)c1cccc(C(F)(F)F)c1. The number of fused-ring (bicyclic) bond motifs is 1. The normalized spacial score (nSPS) is 26.1. The molecular weight excluding hydrogens is 389 g/mol. The second-order valence-corrected chi connectivity index (χ2v) is 7.23. The van der Waals surface area contributed by atoms with Crippen LogP contribution in [-0.4, -0.2) is 45.9 Å². The molecule has 2 aliphatic rings. The van der Waals surface area contributed by atoms with Gasteiger partial charge >= 0.3 is 12.1 Å². The molecule has 3 atom stereocenters. The van der Waals surface area contributed by atoms with Crippen molar-refractivity contribution in [2.75, 3.05) is 0 Å². The summed E-state index contributed by atoms with van der Waals surface area (Å²) in [4.78, 5) is 38.6. The zero-order chi connectivity index (χ0) is 21.2. The Morgan fingerprint density at radius 2 is 1.86 bits per heavy atom. The number of rotatable bonds is 3. The molecule has 3 rings (SSSR count). The fourth-order valence-electron chi connectivity index (χ4n) is 3.85. The van der Waals surface area contributed by atoms with Gasteiger partial charge < -0.3 is 15.3 Å². The molecule has 0 radical (unpaired) electrons. The van der Waals surface area contributed by atoms with Gasteiger partial charge in [0.2, 0.25) is 5.91 Å². The number of carbonyl (C=O) groups is 3. The van der Waals surface area contributed by atoms with Gasteiger partial charge in [-0.3, -0.25) is 9.59 Å². The van der Waals surface area contributed by atoms with Gasteiger partial charge in [0.25, 0.3) is 5.91 Å². The van der Waals surface area contributed by atoms with Gasteiger partial charge in [0, 0.05) is 11.6 Å². The van der Waals surface area contributed by atoms with Gasteiger partial charge in [-0.2, -0.15) is 13.2 Å². The topological polar surface area (TPSA) is 86.7 Å². The van der Waals surface area contributed by atoms with Crippen molar-refractivity contribution < 1.29 is 32.7 Å². The molecule has 0 aromatic heterocycles. The Balaban J connectivity index is 1.83. The fraction of sp³-hybridized carbons (Fsp3) is 0.450. The third-order valence-corrected chi connectivity index (χ3v) is 5.29. The molecule has 0 unspecified atom stereocenters. The van der Waals surface area contributed by atoms with Crippen LogP contribution in [-0.2, 0) is 15.8 Å². The Bertz CT molecular complexity index is 837. The summed E-state index contributed by atoms with van der Waals surface area (Å²) >= 11 is 0. The first kappa shape index (κ1) is 20.9. The summed E-state index contributed by atoms with van der Waals surface area (Å²) in [6, 6.07) is 1.65. The van der Waals surface area contributed by atoms with Crippen LogP contribution in [0.3, 0.4) is 0 Å². The van der Waals surface area contributed by atoms with E-state index < -0.39 is 41.6 Å². The number of alkyl halides is 3. The number of benzene rings is 1. The monoisotopic (exact) mass is 410 g/mol. The molecule has 9 heteroatoms. The number of nitrogens with zero attached hydrogens (tertiary/aromatic N) is 1. The van der Waals surface area contributed by atoms with Crippen LogP contribution in [0.2, 0.25) is 0 Å². The van der Waals surface area contributed by atoms with Crippen molar-refractivity contribution in [1.29, 1.82) is 0 Å². The van der Waals surface area contributed by atoms with Crippen molar-refractivity contribution in [3.8, 4) is 0 Å². The number of carboxylic acids is 1. The first-order valence-corrected chi connectivity index (χ1v) is 9.36. The Morgan fingerprint density at radius 1 is 1.14 bits per heavy atom. The minimum atomic E-state index is -4.59. The van der Waals surface area contributed by atoms with Crippen molar-refractivity contribution in [2.24, 2.45) is 0 Å². The van der Waals surface area contributed by atoms with E-state index in [1.165, 1.54) is 11.0 Å². The van der Waals surface area contributed by atoms with Crippen molar-refractivity contribution in [3.63, 3.8) is 0 Å². The number of carboxylic acid groups (broad SMARTS) is 1. The Hall–Kier alpha value is -2.84. The first-order chi connectivity index (χ1) is 13.7. The summed E-state index contributed by atoms with van der Waals surface area (Å²) in [5.41, 5.74) is -1.18. The molecule has 0 bridgehead atoms. The van der Waals surface area contributed by atoms with Crippen LogP contribution < -0.4 is 5.32 Å². The number of piperidine rings is 1. The van der Waals surface area contributed by atoms with Gasteiger partial charge in [-0.05, 0) is 50.3 Å². The second-order valence-electron chi connectivity index (χ2n) is 7.23. The largest absolute Gasteiger partial charge is 0.480 e. The van der Waals surface area contributed by atoms with E-state index >= 15 is 0 Å². The number of halogens is 3. The van der Waals surface area contributed by atoms with Gasteiger partial charge in [-0.15, -0.1) is 0 Å². The van der Waals surface area contributed by atoms with E-state index in [2.05, 4.69) is 5.32 Å². The summed E-state index contributed by atoms with van der Waals surface area (Å²) in [5, 5.41) is 12.0. The predicted octanol–water partition coefficient (Wildman–Crippen LogP) is 2.99. The van der Waals surface area contributed by atoms with Crippen molar-refractivity contribution in [2.45, 2.75) is 56.4 Å². The molecule has 156 valence electrons. The third kappa shape index (κ3) is 4.60. The van der Waals surface area contributed by atoms with E-state index in [0.717, 1.165) is 18.2 Å². The van der Waals surface area contributed by atoms with Gasteiger partial charge in [0.15, 0.2) is 0 Å². The molecule has 2 amide bonds. The van der Waals surface area contributed by atoms with Crippen LogP contribution in [0.15, 0.2) is 36.4 Å². The van der Waals surface area contributed by atoms with E-state index in [0.29, 0.717) is 25.7 Å². The maximum absolute atomic E-state index is 13.1. The Labute approximate surface area is 165 Å². The summed E-state index contributed by atoms with van der Waals surface area (Å²) in [6.45, 7) is 0. The van der Waals surface area contributed by atoms with Crippen LogP contribution in [0.1, 0.15) is 48.0 Å². The average molecular weight is 410 g/mol. The molecule has 0 aliphatic carbocycles. The lowest BCUT2D eigenvalue weighted by Crippen LogP contribution is -2.59. The van der Waals surface area contributed by atoms with E-state index in [1.54, 1.807) is 6.08 Å². The quantitative estimate of drug-likeness (QED) is 0.750. The summed E-state index contributed by atoms with van der Waals surface area (Å²) < 4.78 is 38.7. The zero-order valence-electron chi connectivity index (χ0n) is 15.5. The highest BCUT2D eigenvalue weighted by Gasteiger charge is 2.41. The summed E-state index contributed by atoms with van der Waals surface area (Å²) in [7, 11) is 0. The molecule has 0 saturated carbocycles. The molecule has 1 fully saturated rings. The molecule has 1 aromatic rings. The van der Waals surface area contributed by atoms with E-state index in [-0.39, 0.29) is 18.0 Å². The molecule has 1 saturated heterocycles. The highest BCUT2D eigenvalue weighted by Crippen LogP contribution is 2.30. The van der Waals surface area contributed by atoms with Crippen LogP contribution in [0.5, 0.6) is 0 Å². The molecule has 6 nitrogen and oxygen atoms in total. The predicted molar refractivity (Wildman–Crippen MR) is 97.0 cm³/mol.